The van der Waals surface area contributed by atoms with Crippen LogP contribution in [0.2, 0.25) is 0 Å². The average Bonchev–Trinajstić information content (AvgIpc) is 3.85. The molecule has 0 aliphatic heterocycles. The monoisotopic (exact) mass is 588 g/mol. The van der Waals surface area contributed by atoms with Crippen molar-refractivity contribution in [3.63, 3.8) is 0 Å². The molecule has 0 atom stereocenters. The van der Waals surface area contributed by atoms with Gasteiger partial charge in [0.1, 0.15) is 16.7 Å². The molecule has 0 aliphatic rings. The van der Waals surface area contributed by atoms with E-state index < -0.39 is 0 Å². The van der Waals surface area contributed by atoms with Crippen molar-refractivity contribution in [3.05, 3.63) is 146 Å². The average molecular weight is 589 g/mol. The third kappa shape index (κ3) is 2.98. The van der Waals surface area contributed by atoms with E-state index in [2.05, 4.69) is 137 Å². The van der Waals surface area contributed by atoms with E-state index >= 15 is 0 Å². The molecule has 0 unspecified atom stereocenters. The Labute approximate surface area is 261 Å². The van der Waals surface area contributed by atoms with Crippen molar-refractivity contribution in [1.29, 1.82) is 0 Å². The van der Waals surface area contributed by atoms with Crippen LogP contribution in [0.5, 0.6) is 0 Å². The molecule has 4 nitrogen and oxygen atoms in total. The maximum atomic E-state index is 6.69. The van der Waals surface area contributed by atoms with Gasteiger partial charge in [0.2, 0.25) is 0 Å². The molecule has 0 aliphatic carbocycles. The lowest BCUT2D eigenvalue weighted by atomic mass is 10.1. The minimum Gasteiger partial charge on any atom is -0.455 e. The fourth-order valence-corrected chi connectivity index (χ4v) is 7.83. The fraction of sp³-hybridized carbons (Fsp3) is 0. The van der Waals surface area contributed by atoms with Crippen LogP contribution in [0.15, 0.2) is 154 Å². The molecule has 214 valence electrons. The fourth-order valence-electron chi connectivity index (χ4n) is 7.83. The van der Waals surface area contributed by atoms with Gasteiger partial charge in [0.15, 0.2) is 5.58 Å². The number of furan rings is 2. The topological polar surface area (TPSA) is 36.1 Å². The number of fused-ring (bicyclic) bond motifs is 13. The van der Waals surface area contributed by atoms with E-state index in [4.69, 9.17) is 8.83 Å². The van der Waals surface area contributed by atoms with Gasteiger partial charge >= 0.3 is 0 Å². The molecule has 4 aromatic heterocycles. The normalized spacial score (nSPS) is 12.3. The molecule has 0 spiro atoms. The molecule has 11 rings (SSSR count). The Hall–Kier alpha value is -6.26. The van der Waals surface area contributed by atoms with Gasteiger partial charge in [-0.1, -0.05) is 97.1 Å². The summed E-state index contributed by atoms with van der Waals surface area (Å²) in [6.45, 7) is 0. The van der Waals surface area contributed by atoms with Gasteiger partial charge in [-0.3, -0.25) is 0 Å². The van der Waals surface area contributed by atoms with Gasteiger partial charge < -0.3 is 18.0 Å². The van der Waals surface area contributed by atoms with Crippen molar-refractivity contribution in [1.82, 2.24) is 9.13 Å². The smallest absolute Gasteiger partial charge is 0.159 e. The van der Waals surface area contributed by atoms with Crippen molar-refractivity contribution >= 4 is 87.5 Å². The Morgan fingerprint density at radius 2 is 0.848 bits per heavy atom. The summed E-state index contributed by atoms with van der Waals surface area (Å²) in [5.41, 5.74) is 10.2. The second-order valence-electron chi connectivity index (χ2n) is 12.1. The molecule has 11 aromatic rings. The molecule has 46 heavy (non-hydrogen) atoms. The standard InChI is InChI=1S/C42H24N2O2/c1-5-17-32-25(11-1)26-12-2-6-18-33(26)43(32)35-19-10-16-31-39-34(24-23-30-28-14-4-8-22-38(28)46-42(30)39)44(40(31)35)36-20-9-15-29-27-13-3-7-21-37(27)45-41(29)36/h1-24H. The van der Waals surface area contributed by atoms with Crippen LogP contribution in [0.25, 0.3) is 98.9 Å². The van der Waals surface area contributed by atoms with E-state index in [0.717, 1.165) is 77.1 Å². The first-order valence-corrected chi connectivity index (χ1v) is 15.6. The van der Waals surface area contributed by atoms with Gasteiger partial charge in [-0.25, -0.2) is 0 Å². The van der Waals surface area contributed by atoms with Gasteiger partial charge in [-0.15, -0.1) is 0 Å². The van der Waals surface area contributed by atoms with Crippen molar-refractivity contribution < 1.29 is 8.83 Å². The lowest BCUT2D eigenvalue weighted by Gasteiger charge is -2.14. The summed E-state index contributed by atoms with van der Waals surface area (Å²) < 4.78 is 18.2. The van der Waals surface area contributed by atoms with Gasteiger partial charge in [0.25, 0.3) is 0 Å². The Balaban J connectivity index is 1.39. The highest BCUT2D eigenvalue weighted by Gasteiger charge is 2.24. The summed E-state index contributed by atoms with van der Waals surface area (Å²) in [5.74, 6) is 0. The number of rotatable bonds is 2. The first kappa shape index (κ1) is 24.1. The van der Waals surface area contributed by atoms with Crippen LogP contribution in [0, 0.1) is 0 Å². The highest BCUT2D eigenvalue weighted by atomic mass is 16.3. The zero-order valence-electron chi connectivity index (χ0n) is 24.6. The Morgan fingerprint density at radius 1 is 0.326 bits per heavy atom. The van der Waals surface area contributed by atoms with Crippen LogP contribution < -0.4 is 0 Å². The first-order chi connectivity index (χ1) is 22.8. The van der Waals surface area contributed by atoms with E-state index in [1.807, 2.05) is 18.2 Å². The molecule has 0 fully saturated rings. The number of para-hydroxylation sites is 6. The highest BCUT2D eigenvalue weighted by Crippen LogP contribution is 2.45. The maximum Gasteiger partial charge on any atom is 0.159 e. The van der Waals surface area contributed by atoms with Gasteiger partial charge in [0.05, 0.1) is 38.8 Å². The SMILES string of the molecule is c1ccc2c(c1)oc1c(-n3c4ccc5c6ccccc6oc5c4c4cccc(-n5c6ccccc6c6ccccc65)c43)cccc12. The second-order valence-corrected chi connectivity index (χ2v) is 12.1. The molecule has 0 saturated heterocycles. The highest BCUT2D eigenvalue weighted by molar-refractivity contribution is 6.25. The third-order valence-electron chi connectivity index (χ3n) is 9.72. The summed E-state index contributed by atoms with van der Waals surface area (Å²) in [5, 5.41) is 9.15. The van der Waals surface area contributed by atoms with Crippen molar-refractivity contribution in [2.75, 3.05) is 0 Å². The van der Waals surface area contributed by atoms with Crippen molar-refractivity contribution in [3.8, 4) is 11.4 Å². The minimum absolute atomic E-state index is 0.865. The number of aromatic nitrogens is 2. The number of hydrogen-bond acceptors (Lipinski definition) is 2. The number of hydrogen-bond donors (Lipinski definition) is 0. The molecule has 0 N–H and O–H groups in total. The lowest BCUT2D eigenvalue weighted by molar-refractivity contribution is 0.666. The zero-order valence-corrected chi connectivity index (χ0v) is 24.6. The Bertz CT molecular complexity index is 2990. The summed E-state index contributed by atoms with van der Waals surface area (Å²) in [4.78, 5) is 0. The Morgan fingerprint density at radius 3 is 1.54 bits per heavy atom. The molecular weight excluding hydrogens is 564 g/mol. The minimum atomic E-state index is 0.865. The summed E-state index contributed by atoms with van der Waals surface area (Å²) in [6, 6.07) is 51.5. The molecule has 0 bridgehead atoms. The predicted molar refractivity (Wildman–Crippen MR) is 190 cm³/mol. The van der Waals surface area contributed by atoms with Crippen LogP contribution in [-0.4, -0.2) is 9.13 Å². The molecule has 0 amide bonds. The van der Waals surface area contributed by atoms with Crippen LogP contribution in [0.4, 0.5) is 0 Å². The molecule has 0 saturated carbocycles. The molecule has 4 heterocycles. The van der Waals surface area contributed by atoms with E-state index in [9.17, 15) is 0 Å². The zero-order chi connectivity index (χ0) is 29.9. The van der Waals surface area contributed by atoms with E-state index in [1.54, 1.807) is 0 Å². The molecule has 7 aromatic carbocycles. The maximum absolute atomic E-state index is 6.69. The molecule has 0 radical (unpaired) electrons. The van der Waals surface area contributed by atoms with Crippen LogP contribution in [-0.2, 0) is 0 Å². The van der Waals surface area contributed by atoms with Crippen molar-refractivity contribution in [2.45, 2.75) is 0 Å². The van der Waals surface area contributed by atoms with Crippen LogP contribution in [0.3, 0.4) is 0 Å². The van der Waals surface area contributed by atoms with E-state index in [0.29, 0.717) is 0 Å². The Kier molecular flexibility index (Phi) is 4.55. The lowest BCUT2D eigenvalue weighted by Crippen LogP contribution is -2.00. The first-order valence-electron chi connectivity index (χ1n) is 15.6. The third-order valence-corrected chi connectivity index (χ3v) is 9.72. The van der Waals surface area contributed by atoms with Crippen LogP contribution >= 0.6 is 0 Å². The molecule has 4 heteroatoms. The summed E-state index contributed by atoms with van der Waals surface area (Å²) in [6.07, 6.45) is 0. The van der Waals surface area contributed by atoms with Gasteiger partial charge in [0, 0.05) is 37.7 Å². The van der Waals surface area contributed by atoms with Gasteiger partial charge in [-0.2, -0.15) is 0 Å². The number of benzene rings is 7. The largest absolute Gasteiger partial charge is 0.455 e. The van der Waals surface area contributed by atoms with Crippen molar-refractivity contribution in [2.24, 2.45) is 0 Å². The van der Waals surface area contributed by atoms with Crippen LogP contribution in [0.1, 0.15) is 0 Å². The van der Waals surface area contributed by atoms with E-state index in [-0.39, 0.29) is 0 Å². The van der Waals surface area contributed by atoms with Gasteiger partial charge in [-0.05, 0) is 48.5 Å². The molecular formula is C42H24N2O2. The predicted octanol–water partition coefficient (Wildman–Crippen LogP) is 11.7. The summed E-state index contributed by atoms with van der Waals surface area (Å²) in [7, 11) is 0. The quantitative estimate of drug-likeness (QED) is 0.201. The number of nitrogens with zero attached hydrogens (tertiary/aromatic N) is 2. The summed E-state index contributed by atoms with van der Waals surface area (Å²) >= 11 is 0. The second kappa shape index (κ2) is 8.68. The van der Waals surface area contributed by atoms with E-state index in [1.165, 1.54) is 21.8 Å².